The lowest BCUT2D eigenvalue weighted by atomic mass is 10.2. The zero-order chi connectivity index (χ0) is 16.4. The fourth-order valence-electron chi connectivity index (χ4n) is 2.30. The second kappa shape index (κ2) is 6.22. The van der Waals surface area contributed by atoms with Gasteiger partial charge in [-0.15, -0.1) is 11.3 Å². The van der Waals surface area contributed by atoms with Gasteiger partial charge in [0.1, 0.15) is 5.76 Å². The topological polar surface area (TPSA) is 56.0 Å². The maximum absolute atomic E-state index is 12.0. The Morgan fingerprint density at radius 1 is 1.08 bits per heavy atom. The summed E-state index contributed by atoms with van der Waals surface area (Å²) in [7, 11) is 0. The lowest BCUT2D eigenvalue weighted by Crippen LogP contribution is -1.93. The van der Waals surface area contributed by atoms with Crippen LogP contribution in [-0.4, -0.2) is 15.8 Å². The van der Waals surface area contributed by atoms with Gasteiger partial charge in [-0.05, 0) is 48.6 Å². The summed E-state index contributed by atoms with van der Waals surface area (Å²) >= 11 is 1.58. The van der Waals surface area contributed by atoms with Crippen LogP contribution in [0, 0.1) is 0 Å². The van der Waals surface area contributed by atoms with Crippen LogP contribution in [0.4, 0.5) is 0 Å². The van der Waals surface area contributed by atoms with Gasteiger partial charge in [0.2, 0.25) is 0 Å². The molecule has 24 heavy (non-hydrogen) atoms. The van der Waals surface area contributed by atoms with Crippen LogP contribution in [0.5, 0.6) is 0 Å². The molecule has 0 atom stereocenters. The van der Waals surface area contributed by atoms with Crippen LogP contribution < -0.4 is 0 Å². The van der Waals surface area contributed by atoms with Crippen molar-refractivity contribution in [3.05, 3.63) is 78.3 Å². The minimum Gasteiger partial charge on any atom is -0.454 e. The van der Waals surface area contributed by atoms with Gasteiger partial charge in [-0.25, -0.2) is 4.98 Å². The first-order valence-corrected chi connectivity index (χ1v) is 8.19. The van der Waals surface area contributed by atoms with E-state index in [0.29, 0.717) is 17.1 Å². The quantitative estimate of drug-likeness (QED) is 0.396. The summed E-state index contributed by atoms with van der Waals surface area (Å²) in [6.45, 7) is 0. The van der Waals surface area contributed by atoms with Crippen molar-refractivity contribution in [3.8, 4) is 10.8 Å². The summed E-state index contributed by atoms with van der Waals surface area (Å²) < 4.78 is 6.90. The maximum atomic E-state index is 12.0. The number of furan rings is 1. The number of allylic oxidation sites excluding steroid dienone is 1. The highest BCUT2D eigenvalue weighted by atomic mass is 32.1. The summed E-state index contributed by atoms with van der Waals surface area (Å²) in [5.74, 6) is 1.20. The predicted octanol–water partition coefficient (Wildman–Crippen LogP) is 4.85. The predicted molar refractivity (Wildman–Crippen MR) is 94.9 cm³/mol. The second-order valence-corrected chi connectivity index (χ2v) is 6.16. The van der Waals surface area contributed by atoms with Gasteiger partial charge in [-0.3, -0.25) is 9.78 Å². The number of para-hydroxylation sites is 1. The molecule has 4 aromatic rings. The molecule has 0 spiro atoms. The average Bonchev–Trinajstić information content (AvgIpc) is 3.27. The van der Waals surface area contributed by atoms with E-state index in [0.717, 1.165) is 15.2 Å². The molecule has 116 valence electrons. The summed E-state index contributed by atoms with van der Waals surface area (Å²) in [5.41, 5.74) is 1.50. The van der Waals surface area contributed by atoms with Gasteiger partial charge in [0.15, 0.2) is 16.6 Å². The Morgan fingerprint density at radius 3 is 2.83 bits per heavy atom. The van der Waals surface area contributed by atoms with E-state index in [4.69, 9.17) is 4.42 Å². The average molecular weight is 332 g/mol. The van der Waals surface area contributed by atoms with Gasteiger partial charge in [0, 0.05) is 18.0 Å². The molecule has 3 heterocycles. The number of benzene rings is 1. The zero-order valence-electron chi connectivity index (χ0n) is 12.5. The molecule has 0 bridgehead atoms. The van der Waals surface area contributed by atoms with Gasteiger partial charge >= 0.3 is 0 Å². The Kier molecular flexibility index (Phi) is 3.76. The van der Waals surface area contributed by atoms with Gasteiger partial charge in [-0.2, -0.15) is 0 Å². The van der Waals surface area contributed by atoms with Crippen molar-refractivity contribution in [3.63, 3.8) is 0 Å². The molecule has 3 aromatic heterocycles. The van der Waals surface area contributed by atoms with Crippen molar-refractivity contribution >= 4 is 33.4 Å². The molecule has 0 aliphatic rings. The Morgan fingerprint density at radius 2 is 2.00 bits per heavy atom. The van der Waals surface area contributed by atoms with Crippen LogP contribution in [0.1, 0.15) is 16.1 Å². The number of ketones is 1. The molecule has 0 radical (unpaired) electrons. The van der Waals surface area contributed by atoms with Crippen molar-refractivity contribution in [1.29, 1.82) is 0 Å². The lowest BCUT2D eigenvalue weighted by Gasteiger charge is -1.92. The van der Waals surface area contributed by atoms with Crippen molar-refractivity contribution < 1.29 is 9.21 Å². The van der Waals surface area contributed by atoms with Crippen molar-refractivity contribution in [2.24, 2.45) is 0 Å². The van der Waals surface area contributed by atoms with E-state index < -0.39 is 0 Å². The van der Waals surface area contributed by atoms with E-state index in [1.807, 2.05) is 36.4 Å². The van der Waals surface area contributed by atoms with Crippen LogP contribution in [0.2, 0.25) is 0 Å². The Bertz CT molecular complexity index is 999. The monoisotopic (exact) mass is 332 g/mol. The van der Waals surface area contributed by atoms with Crippen molar-refractivity contribution in [1.82, 2.24) is 9.97 Å². The summed E-state index contributed by atoms with van der Waals surface area (Å²) in [6.07, 6.45) is 6.32. The number of carbonyl (C=O) groups excluding carboxylic acids is 1. The van der Waals surface area contributed by atoms with Gasteiger partial charge in [-0.1, -0.05) is 12.1 Å². The van der Waals surface area contributed by atoms with Gasteiger partial charge in [0.25, 0.3) is 0 Å². The molecular formula is C19H12N2O2S. The Balaban J connectivity index is 1.56. The molecule has 0 unspecified atom stereocenters. The summed E-state index contributed by atoms with van der Waals surface area (Å²) in [4.78, 5) is 20.5. The third-order valence-corrected chi connectivity index (χ3v) is 4.53. The van der Waals surface area contributed by atoms with Crippen molar-refractivity contribution in [2.75, 3.05) is 0 Å². The SMILES string of the molecule is O=C(/C=C/c1ccc(-c2nc3ccccc3s2)o1)c1cccnc1. The third kappa shape index (κ3) is 2.89. The number of nitrogens with zero attached hydrogens (tertiary/aromatic N) is 2. The van der Waals surface area contributed by atoms with E-state index in [2.05, 4.69) is 9.97 Å². The number of hydrogen-bond acceptors (Lipinski definition) is 5. The molecule has 0 aliphatic heterocycles. The molecular weight excluding hydrogens is 320 g/mol. The van der Waals surface area contributed by atoms with Crippen molar-refractivity contribution in [2.45, 2.75) is 0 Å². The molecule has 4 rings (SSSR count). The highest BCUT2D eigenvalue weighted by Crippen LogP contribution is 2.31. The van der Waals surface area contributed by atoms with E-state index in [1.54, 1.807) is 41.9 Å². The van der Waals surface area contributed by atoms with Gasteiger partial charge in [0.05, 0.1) is 10.2 Å². The minimum absolute atomic E-state index is 0.110. The molecule has 0 fully saturated rings. The summed E-state index contributed by atoms with van der Waals surface area (Å²) in [5, 5.41) is 0.828. The van der Waals surface area contributed by atoms with Crippen LogP contribution in [0.3, 0.4) is 0 Å². The number of pyridine rings is 1. The normalized spacial score (nSPS) is 11.3. The largest absolute Gasteiger partial charge is 0.454 e. The molecule has 0 N–H and O–H groups in total. The first kappa shape index (κ1) is 14.5. The molecule has 0 saturated heterocycles. The lowest BCUT2D eigenvalue weighted by molar-refractivity contribution is 0.104. The molecule has 0 aliphatic carbocycles. The van der Waals surface area contributed by atoms with Crippen LogP contribution >= 0.6 is 11.3 Å². The van der Waals surface area contributed by atoms with E-state index in [9.17, 15) is 4.79 Å². The number of rotatable bonds is 4. The number of fused-ring (bicyclic) bond motifs is 1. The minimum atomic E-state index is -0.110. The van der Waals surface area contributed by atoms with E-state index in [-0.39, 0.29) is 5.78 Å². The standard InChI is InChI=1S/C19H12N2O2S/c22-16(13-4-3-11-20-12-13)9-7-14-8-10-17(23-14)19-21-15-5-1-2-6-18(15)24-19/h1-12H/b9-7+. The zero-order valence-corrected chi connectivity index (χ0v) is 13.4. The third-order valence-electron chi connectivity index (χ3n) is 3.48. The van der Waals surface area contributed by atoms with Crippen LogP contribution in [0.15, 0.2) is 71.4 Å². The highest BCUT2D eigenvalue weighted by molar-refractivity contribution is 7.21. The molecule has 4 nitrogen and oxygen atoms in total. The van der Waals surface area contributed by atoms with Crippen LogP contribution in [-0.2, 0) is 0 Å². The van der Waals surface area contributed by atoms with Gasteiger partial charge < -0.3 is 4.42 Å². The first-order valence-electron chi connectivity index (χ1n) is 7.38. The van der Waals surface area contributed by atoms with E-state index >= 15 is 0 Å². The smallest absolute Gasteiger partial charge is 0.187 e. The molecule has 0 saturated carbocycles. The maximum Gasteiger partial charge on any atom is 0.187 e. The second-order valence-electron chi connectivity index (χ2n) is 5.13. The number of hydrogen-bond donors (Lipinski definition) is 0. The number of aromatic nitrogens is 2. The van der Waals surface area contributed by atoms with E-state index in [1.165, 1.54) is 6.08 Å². The molecule has 5 heteroatoms. The molecule has 1 aromatic carbocycles. The Labute approximate surface area is 142 Å². The molecule has 0 amide bonds. The highest BCUT2D eigenvalue weighted by Gasteiger charge is 2.09. The Hall–Kier alpha value is -3.05. The van der Waals surface area contributed by atoms with Crippen LogP contribution in [0.25, 0.3) is 27.1 Å². The first-order chi connectivity index (χ1) is 11.8. The summed E-state index contributed by atoms with van der Waals surface area (Å²) in [6, 6.07) is 15.1. The fourth-order valence-corrected chi connectivity index (χ4v) is 3.22. The fraction of sp³-hybridized carbons (Fsp3) is 0. The number of thiazole rings is 1. The number of carbonyl (C=O) groups is 1.